The Bertz CT molecular complexity index is 912. The van der Waals surface area contributed by atoms with Crippen LogP contribution in [0.3, 0.4) is 0 Å². The molecule has 0 aliphatic carbocycles. The molecule has 0 spiro atoms. The van der Waals surface area contributed by atoms with Crippen LogP contribution in [0.15, 0.2) is 47.4 Å². The van der Waals surface area contributed by atoms with Gasteiger partial charge in [-0.3, -0.25) is 9.52 Å². The first-order valence-electron chi connectivity index (χ1n) is 8.01. The normalized spacial score (nSPS) is 14.8. The van der Waals surface area contributed by atoms with Gasteiger partial charge in [0, 0.05) is 30.2 Å². The van der Waals surface area contributed by atoms with Crippen molar-refractivity contribution in [2.45, 2.75) is 31.2 Å². The summed E-state index contributed by atoms with van der Waals surface area (Å²) < 4.78 is 27.9. The third-order valence-corrected chi connectivity index (χ3v) is 6.17. The highest BCUT2D eigenvalue weighted by Gasteiger charge is 2.21. The van der Waals surface area contributed by atoms with E-state index in [1.807, 2.05) is 6.07 Å². The molecule has 2 aromatic rings. The largest absolute Gasteiger partial charge is 0.338 e. The lowest BCUT2D eigenvalue weighted by Gasteiger charge is -2.16. The Hall–Kier alpha value is -2.05. The van der Waals surface area contributed by atoms with Crippen molar-refractivity contribution < 1.29 is 13.2 Å². The fraction of sp³-hybridized carbons (Fsp3) is 0.278. The maximum Gasteiger partial charge on any atom is 0.262 e. The molecule has 1 fully saturated rings. The third kappa shape index (κ3) is 3.96. The van der Waals surface area contributed by atoms with Crippen molar-refractivity contribution in [2.75, 3.05) is 11.3 Å². The van der Waals surface area contributed by atoms with E-state index in [0.29, 0.717) is 29.2 Å². The number of nitrogens with zero attached hydrogens (tertiary/aromatic N) is 1. The van der Waals surface area contributed by atoms with E-state index in [2.05, 4.69) is 4.72 Å². The van der Waals surface area contributed by atoms with Crippen LogP contribution in [0.2, 0.25) is 5.02 Å². The summed E-state index contributed by atoms with van der Waals surface area (Å²) in [6, 6.07) is 11.9. The number of halogens is 1. The number of likely N-dealkylation sites (tertiary alicyclic amines) is 1. The number of hydrogen-bond acceptors (Lipinski definition) is 3. The molecular formula is C18H19ClN2O3S. The van der Waals surface area contributed by atoms with Crippen molar-refractivity contribution in [3.63, 3.8) is 0 Å². The van der Waals surface area contributed by atoms with Crippen LogP contribution in [0.25, 0.3) is 0 Å². The van der Waals surface area contributed by atoms with E-state index in [9.17, 15) is 13.2 Å². The van der Waals surface area contributed by atoms with Crippen molar-refractivity contribution >= 4 is 33.2 Å². The summed E-state index contributed by atoms with van der Waals surface area (Å²) in [6.07, 6.45) is 1.46. The number of benzene rings is 2. The van der Waals surface area contributed by atoms with E-state index in [0.717, 1.165) is 18.5 Å². The van der Waals surface area contributed by atoms with Crippen molar-refractivity contribution in [3.8, 4) is 0 Å². The summed E-state index contributed by atoms with van der Waals surface area (Å²) >= 11 is 6.03. The minimum absolute atomic E-state index is 0.139. The fourth-order valence-electron chi connectivity index (χ4n) is 2.91. The number of anilines is 1. The minimum Gasteiger partial charge on any atom is -0.338 e. The van der Waals surface area contributed by atoms with Gasteiger partial charge < -0.3 is 4.90 Å². The summed E-state index contributed by atoms with van der Waals surface area (Å²) in [5.41, 5.74) is 1.86. The second-order valence-electron chi connectivity index (χ2n) is 6.09. The van der Waals surface area contributed by atoms with Crippen LogP contribution in [0.4, 0.5) is 5.69 Å². The number of carbonyl (C=O) groups is 1. The molecule has 1 aliphatic rings. The fourth-order valence-corrected chi connectivity index (χ4v) is 4.46. The molecule has 3 rings (SSSR count). The maximum atomic E-state index is 12.6. The second kappa shape index (κ2) is 7.06. The van der Waals surface area contributed by atoms with Crippen LogP contribution in [0.1, 0.15) is 24.0 Å². The molecule has 7 heteroatoms. The van der Waals surface area contributed by atoms with Crippen LogP contribution in [-0.4, -0.2) is 25.8 Å². The van der Waals surface area contributed by atoms with E-state index in [-0.39, 0.29) is 10.8 Å². The predicted molar refractivity (Wildman–Crippen MR) is 98.1 cm³/mol. The molecule has 0 atom stereocenters. The molecule has 0 bridgehead atoms. The Morgan fingerprint density at radius 1 is 1.20 bits per heavy atom. The quantitative estimate of drug-likeness (QED) is 0.864. The Morgan fingerprint density at radius 3 is 2.68 bits per heavy atom. The summed E-state index contributed by atoms with van der Waals surface area (Å²) in [5, 5.41) is 0.407. The van der Waals surface area contributed by atoms with Crippen LogP contribution >= 0.6 is 11.6 Å². The van der Waals surface area contributed by atoms with Crippen LogP contribution in [-0.2, 0) is 21.4 Å². The second-order valence-corrected chi connectivity index (χ2v) is 8.15. The van der Waals surface area contributed by atoms with Gasteiger partial charge in [-0.1, -0.05) is 29.8 Å². The van der Waals surface area contributed by atoms with E-state index in [1.54, 1.807) is 42.2 Å². The average Bonchev–Trinajstić information content (AvgIpc) is 2.95. The van der Waals surface area contributed by atoms with Gasteiger partial charge in [-0.15, -0.1) is 0 Å². The van der Waals surface area contributed by atoms with E-state index < -0.39 is 10.0 Å². The monoisotopic (exact) mass is 378 g/mol. The average molecular weight is 379 g/mol. The molecule has 5 nitrogen and oxygen atoms in total. The van der Waals surface area contributed by atoms with Gasteiger partial charge in [-0.25, -0.2) is 8.42 Å². The molecule has 0 unspecified atom stereocenters. The van der Waals surface area contributed by atoms with Crippen molar-refractivity contribution in [1.82, 2.24) is 4.90 Å². The lowest BCUT2D eigenvalue weighted by Crippen LogP contribution is -2.23. The number of rotatable bonds is 5. The first kappa shape index (κ1) is 17.8. The molecule has 1 N–H and O–H groups in total. The lowest BCUT2D eigenvalue weighted by molar-refractivity contribution is -0.128. The van der Waals surface area contributed by atoms with Gasteiger partial charge in [0.05, 0.1) is 4.90 Å². The number of nitrogens with one attached hydrogen (secondary N) is 1. The van der Waals surface area contributed by atoms with Crippen LogP contribution < -0.4 is 4.72 Å². The molecule has 0 radical (unpaired) electrons. The van der Waals surface area contributed by atoms with E-state index in [4.69, 9.17) is 11.6 Å². The topological polar surface area (TPSA) is 66.5 Å². The molecule has 1 aliphatic heterocycles. The zero-order valence-electron chi connectivity index (χ0n) is 13.8. The summed E-state index contributed by atoms with van der Waals surface area (Å²) in [7, 11) is -3.74. The summed E-state index contributed by atoms with van der Waals surface area (Å²) in [6.45, 7) is 2.91. The van der Waals surface area contributed by atoms with Crippen molar-refractivity contribution in [1.29, 1.82) is 0 Å². The first-order valence-corrected chi connectivity index (χ1v) is 9.87. The highest BCUT2D eigenvalue weighted by atomic mass is 35.5. The molecule has 0 aromatic heterocycles. The Labute approximate surface area is 152 Å². The first-order chi connectivity index (χ1) is 11.9. The molecular weight excluding hydrogens is 360 g/mol. The Kier molecular flexibility index (Phi) is 5.01. The van der Waals surface area contributed by atoms with Crippen molar-refractivity contribution in [3.05, 3.63) is 58.6 Å². The zero-order chi connectivity index (χ0) is 18.0. The number of hydrogen-bond donors (Lipinski definition) is 1. The van der Waals surface area contributed by atoms with Gasteiger partial charge in [0.25, 0.3) is 10.0 Å². The Morgan fingerprint density at radius 2 is 1.96 bits per heavy atom. The molecule has 1 amide bonds. The molecule has 25 heavy (non-hydrogen) atoms. The standard InChI is InChI=1S/C18H19ClN2O3S/c1-13-16(19)7-3-8-17(13)25(23,24)20-15-6-2-5-14(11-15)12-21-10-4-9-18(21)22/h2-3,5-8,11,20H,4,9-10,12H2,1H3. The zero-order valence-corrected chi connectivity index (χ0v) is 15.4. The molecule has 2 aromatic carbocycles. The maximum absolute atomic E-state index is 12.6. The molecule has 1 heterocycles. The minimum atomic E-state index is -3.74. The van der Waals surface area contributed by atoms with Crippen molar-refractivity contribution in [2.24, 2.45) is 0 Å². The summed E-state index contributed by atoms with van der Waals surface area (Å²) in [4.78, 5) is 13.7. The van der Waals surface area contributed by atoms with Gasteiger partial charge in [0.15, 0.2) is 0 Å². The number of amides is 1. The van der Waals surface area contributed by atoms with E-state index >= 15 is 0 Å². The highest BCUT2D eigenvalue weighted by molar-refractivity contribution is 7.92. The van der Waals surface area contributed by atoms with Gasteiger partial charge in [-0.05, 0) is 48.7 Å². The predicted octanol–water partition coefficient (Wildman–Crippen LogP) is 3.57. The lowest BCUT2D eigenvalue weighted by atomic mass is 10.2. The van der Waals surface area contributed by atoms with Crippen LogP contribution in [0.5, 0.6) is 0 Å². The smallest absolute Gasteiger partial charge is 0.262 e. The number of carbonyl (C=O) groups excluding carboxylic acids is 1. The molecule has 0 saturated carbocycles. The van der Waals surface area contributed by atoms with Crippen LogP contribution in [0, 0.1) is 6.92 Å². The molecule has 132 valence electrons. The summed E-state index contributed by atoms with van der Waals surface area (Å²) in [5.74, 6) is 0.139. The molecule has 1 saturated heterocycles. The van der Waals surface area contributed by atoms with Gasteiger partial charge in [-0.2, -0.15) is 0 Å². The Balaban J connectivity index is 1.81. The van der Waals surface area contributed by atoms with Gasteiger partial charge in [0.2, 0.25) is 5.91 Å². The number of sulfonamides is 1. The third-order valence-electron chi connectivity index (χ3n) is 4.23. The van der Waals surface area contributed by atoms with Gasteiger partial charge >= 0.3 is 0 Å². The van der Waals surface area contributed by atoms with E-state index in [1.165, 1.54) is 6.07 Å². The van der Waals surface area contributed by atoms with Gasteiger partial charge in [0.1, 0.15) is 0 Å². The highest BCUT2D eigenvalue weighted by Crippen LogP contribution is 2.25. The SMILES string of the molecule is Cc1c(Cl)cccc1S(=O)(=O)Nc1cccc(CN2CCCC2=O)c1.